The minimum atomic E-state index is -4.50. The van der Waals surface area contributed by atoms with Crippen LogP contribution in [0.4, 0.5) is 24.9 Å². The Bertz CT molecular complexity index is 1440. The number of nitrogens with zero attached hydrogens (tertiary/aromatic N) is 8. The van der Waals surface area contributed by atoms with E-state index >= 15 is 0 Å². The van der Waals surface area contributed by atoms with Crippen molar-refractivity contribution in [1.82, 2.24) is 39.3 Å². The Kier molecular flexibility index (Phi) is 4.96. The highest BCUT2D eigenvalue weighted by Gasteiger charge is 2.32. The maximum atomic E-state index is 12.9. The number of nitrogens with one attached hydrogen (secondary N) is 1. The molecule has 0 saturated heterocycles. The van der Waals surface area contributed by atoms with Crippen LogP contribution in [-0.2, 0) is 19.6 Å². The minimum absolute atomic E-state index is 0.108. The van der Waals surface area contributed by atoms with Crippen LogP contribution >= 0.6 is 0 Å². The molecule has 0 aliphatic heterocycles. The summed E-state index contributed by atoms with van der Waals surface area (Å²) in [5, 5.41) is 15.5. The minimum Gasteiger partial charge on any atom is -0.309 e. The molecule has 1 N–H and O–H groups in total. The highest BCUT2D eigenvalue weighted by atomic mass is 19.4. The Morgan fingerprint density at radius 2 is 1.88 bits per heavy atom. The molecular formula is C21H16F3N9. The number of anilines is 2. The summed E-state index contributed by atoms with van der Waals surface area (Å²) < 4.78 is 42.2. The average Bonchev–Trinajstić information content (AvgIpc) is 3.39. The van der Waals surface area contributed by atoms with Crippen molar-refractivity contribution < 1.29 is 13.2 Å². The number of fused-ring (bicyclic) bond motifs is 1. The first-order chi connectivity index (χ1) is 15.9. The molecule has 166 valence electrons. The Morgan fingerprint density at radius 1 is 1.00 bits per heavy atom. The fraction of sp³-hybridized carbons (Fsp3) is 0.143. The summed E-state index contributed by atoms with van der Waals surface area (Å²) in [6, 6.07) is 11.0. The van der Waals surface area contributed by atoms with Crippen molar-refractivity contribution in [2.75, 3.05) is 5.32 Å². The third-order valence-electron chi connectivity index (χ3n) is 4.93. The van der Waals surface area contributed by atoms with Crippen molar-refractivity contribution in [3.63, 3.8) is 0 Å². The maximum absolute atomic E-state index is 12.9. The SMILES string of the molecule is Cn1nccc1Nc1nccc(-c2ccn3c(Cc4cccc(C(F)(F)F)n4)nnc3c2)n1. The molecule has 9 nitrogen and oxygen atoms in total. The number of pyridine rings is 2. The summed E-state index contributed by atoms with van der Waals surface area (Å²) in [6.07, 6.45) is 0.665. The third-order valence-corrected chi connectivity index (χ3v) is 4.93. The van der Waals surface area contributed by atoms with E-state index in [1.165, 1.54) is 12.1 Å². The largest absolute Gasteiger partial charge is 0.433 e. The molecule has 0 fully saturated rings. The molecule has 0 amide bonds. The first kappa shape index (κ1) is 20.5. The second-order valence-electron chi connectivity index (χ2n) is 7.18. The van der Waals surface area contributed by atoms with E-state index < -0.39 is 11.9 Å². The quantitative estimate of drug-likeness (QED) is 0.435. The molecule has 0 radical (unpaired) electrons. The first-order valence-electron chi connectivity index (χ1n) is 9.82. The highest BCUT2D eigenvalue weighted by Crippen LogP contribution is 2.28. The zero-order chi connectivity index (χ0) is 23.0. The molecule has 0 aliphatic carbocycles. The van der Waals surface area contributed by atoms with Crippen LogP contribution in [-0.4, -0.2) is 39.3 Å². The summed E-state index contributed by atoms with van der Waals surface area (Å²) in [5.74, 6) is 1.63. The molecule has 0 aliphatic rings. The lowest BCUT2D eigenvalue weighted by molar-refractivity contribution is -0.141. The molecule has 0 aromatic carbocycles. The van der Waals surface area contributed by atoms with Gasteiger partial charge in [0.15, 0.2) is 5.65 Å². The predicted octanol–water partition coefficient (Wildman–Crippen LogP) is 3.67. The van der Waals surface area contributed by atoms with E-state index in [2.05, 4.69) is 35.6 Å². The summed E-state index contributed by atoms with van der Waals surface area (Å²) in [6.45, 7) is 0. The Labute approximate surface area is 185 Å². The topological polar surface area (TPSA) is 98.7 Å². The second kappa shape index (κ2) is 7.97. The van der Waals surface area contributed by atoms with Gasteiger partial charge in [-0.05, 0) is 30.3 Å². The van der Waals surface area contributed by atoms with E-state index in [4.69, 9.17) is 0 Å². The number of aromatic nitrogens is 8. The Morgan fingerprint density at radius 3 is 2.67 bits per heavy atom. The molecule has 0 spiro atoms. The van der Waals surface area contributed by atoms with Gasteiger partial charge < -0.3 is 5.32 Å². The predicted molar refractivity (Wildman–Crippen MR) is 113 cm³/mol. The van der Waals surface area contributed by atoms with Crippen LogP contribution in [0.5, 0.6) is 0 Å². The average molecular weight is 451 g/mol. The van der Waals surface area contributed by atoms with Crippen molar-refractivity contribution in [2.24, 2.45) is 7.05 Å². The lowest BCUT2D eigenvalue weighted by atomic mass is 10.2. The standard InChI is InChI=1S/C21H16F3N9/c1-32-17(6-9-26-32)29-20-25-8-5-15(28-20)13-7-10-33-18(11-13)30-31-19(33)12-14-3-2-4-16(27-14)21(22,23)24/h2-11H,12H2,1H3,(H,25,28,29). The van der Waals surface area contributed by atoms with Gasteiger partial charge in [-0.2, -0.15) is 18.3 Å². The van der Waals surface area contributed by atoms with Gasteiger partial charge in [0.2, 0.25) is 5.95 Å². The van der Waals surface area contributed by atoms with Crippen LogP contribution in [0.1, 0.15) is 17.2 Å². The van der Waals surface area contributed by atoms with Gasteiger partial charge in [-0.25, -0.2) is 15.0 Å². The van der Waals surface area contributed by atoms with Crippen molar-refractivity contribution in [3.8, 4) is 11.3 Å². The molecule has 12 heteroatoms. The zero-order valence-electron chi connectivity index (χ0n) is 17.2. The van der Waals surface area contributed by atoms with E-state index in [1.807, 2.05) is 6.07 Å². The second-order valence-corrected chi connectivity index (χ2v) is 7.18. The Hall–Kier alpha value is -4.35. The monoisotopic (exact) mass is 451 g/mol. The van der Waals surface area contributed by atoms with Gasteiger partial charge >= 0.3 is 6.18 Å². The number of halogens is 3. The normalized spacial score (nSPS) is 11.8. The zero-order valence-corrected chi connectivity index (χ0v) is 17.2. The van der Waals surface area contributed by atoms with Gasteiger partial charge in [-0.15, -0.1) is 10.2 Å². The Balaban J connectivity index is 1.41. The van der Waals surface area contributed by atoms with Crippen LogP contribution in [0, 0.1) is 0 Å². The molecule has 33 heavy (non-hydrogen) atoms. The smallest absolute Gasteiger partial charge is 0.309 e. The molecule has 5 aromatic heterocycles. The molecule has 0 atom stereocenters. The van der Waals surface area contributed by atoms with Crippen LogP contribution in [0.2, 0.25) is 0 Å². The molecule has 5 heterocycles. The van der Waals surface area contributed by atoms with Gasteiger partial charge in [0.1, 0.15) is 17.3 Å². The van der Waals surface area contributed by atoms with E-state index in [0.717, 1.165) is 17.4 Å². The highest BCUT2D eigenvalue weighted by molar-refractivity contribution is 5.65. The third kappa shape index (κ3) is 4.22. The summed E-state index contributed by atoms with van der Waals surface area (Å²) in [4.78, 5) is 12.5. The lowest BCUT2D eigenvalue weighted by Crippen LogP contribution is -2.09. The van der Waals surface area contributed by atoms with Crippen LogP contribution in [0.15, 0.2) is 61.1 Å². The van der Waals surface area contributed by atoms with E-state index in [1.54, 1.807) is 52.9 Å². The van der Waals surface area contributed by atoms with Gasteiger partial charge in [0, 0.05) is 36.8 Å². The summed E-state index contributed by atoms with van der Waals surface area (Å²) in [5.41, 5.74) is 1.31. The number of hydrogen-bond acceptors (Lipinski definition) is 7. The van der Waals surface area contributed by atoms with Crippen molar-refractivity contribution in [3.05, 3.63) is 78.3 Å². The van der Waals surface area contributed by atoms with Crippen molar-refractivity contribution >= 4 is 17.4 Å². The van der Waals surface area contributed by atoms with E-state index in [-0.39, 0.29) is 12.1 Å². The molecular weight excluding hydrogens is 435 g/mol. The number of hydrogen-bond donors (Lipinski definition) is 1. The molecule has 0 unspecified atom stereocenters. The number of aryl methyl sites for hydroxylation is 1. The van der Waals surface area contributed by atoms with Gasteiger partial charge in [0.05, 0.1) is 18.3 Å². The molecule has 5 aromatic rings. The summed E-state index contributed by atoms with van der Waals surface area (Å²) in [7, 11) is 1.80. The fourth-order valence-electron chi connectivity index (χ4n) is 3.31. The molecule has 0 bridgehead atoms. The van der Waals surface area contributed by atoms with Crippen LogP contribution in [0.25, 0.3) is 16.9 Å². The maximum Gasteiger partial charge on any atom is 0.433 e. The van der Waals surface area contributed by atoms with Gasteiger partial charge in [0.25, 0.3) is 0 Å². The van der Waals surface area contributed by atoms with E-state index in [9.17, 15) is 13.2 Å². The first-order valence-corrected chi connectivity index (χ1v) is 9.82. The van der Waals surface area contributed by atoms with E-state index in [0.29, 0.717) is 23.1 Å². The number of rotatable bonds is 5. The summed E-state index contributed by atoms with van der Waals surface area (Å²) >= 11 is 0. The molecule has 0 saturated carbocycles. The van der Waals surface area contributed by atoms with Gasteiger partial charge in [-0.3, -0.25) is 9.08 Å². The van der Waals surface area contributed by atoms with Gasteiger partial charge in [-0.1, -0.05) is 6.07 Å². The number of alkyl halides is 3. The van der Waals surface area contributed by atoms with Crippen molar-refractivity contribution in [2.45, 2.75) is 12.6 Å². The van der Waals surface area contributed by atoms with Crippen LogP contribution < -0.4 is 5.32 Å². The fourth-order valence-corrected chi connectivity index (χ4v) is 3.31. The lowest BCUT2D eigenvalue weighted by Gasteiger charge is -2.08. The van der Waals surface area contributed by atoms with Crippen LogP contribution in [0.3, 0.4) is 0 Å². The van der Waals surface area contributed by atoms with Crippen molar-refractivity contribution in [1.29, 1.82) is 0 Å². The molecule has 5 rings (SSSR count).